The third-order valence-electron chi connectivity index (χ3n) is 3.68. The van der Waals surface area contributed by atoms with E-state index >= 15 is 0 Å². The Kier molecular flexibility index (Phi) is 6.06. The molecular formula is C18H16N2O5S3. The Hall–Kier alpha value is -2.37. The van der Waals surface area contributed by atoms with Gasteiger partial charge < -0.3 is 0 Å². The van der Waals surface area contributed by atoms with Crippen LogP contribution in [-0.2, 0) is 20.0 Å². The highest BCUT2D eigenvalue weighted by atomic mass is 32.2. The fourth-order valence-corrected chi connectivity index (χ4v) is 5.36. The lowest BCUT2D eigenvalue weighted by atomic mass is 10.3. The van der Waals surface area contributed by atoms with Gasteiger partial charge in [0.2, 0.25) is 25.8 Å². The van der Waals surface area contributed by atoms with Crippen molar-refractivity contribution < 1.29 is 21.6 Å². The molecule has 2 N–H and O–H groups in total. The first kappa shape index (κ1) is 20.4. The quantitative estimate of drug-likeness (QED) is 0.416. The van der Waals surface area contributed by atoms with Crippen LogP contribution < -0.4 is 9.44 Å². The van der Waals surface area contributed by atoms with Crippen LogP contribution in [0.3, 0.4) is 0 Å². The lowest BCUT2D eigenvalue weighted by Gasteiger charge is -2.19. The number of hydrogen-bond donors (Lipinski definition) is 2. The fraction of sp³-hybridized carbons (Fsp3) is 0.0556. The van der Waals surface area contributed by atoms with Crippen molar-refractivity contribution in [2.45, 2.75) is 16.0 Å². The second-order valence-corrected chi connectivity index (χ2v) is 10.0. The maximum Gasteiger partial charge on any atom is 0.242 e. The third-order valence-corrected chi connectivity index (χ3v) is 7.44. The molecule has 0 aliphatic heterocycles. The molecule has 2 aromatic carbocycles. The molecule has 10 heteroatoms. The molecule has 7 nitrogen and oxygen atoms in total. The van der Waals surface area contributed by atoms with E-state index in [1.54, 1.807) is 23.6 Å². The van der Waals surface area contributed by atoms with E-state index in [-0.39, 0.29) is 14.7 Å². The zero-order valence-electron chi connectivity index (χ0n) is 14.3. The molecule has 3 aromatic rings. The van der Waals surface area contributed by atoms with Gasteiger partial charge in [-0.1, -0.05) is 42.5 Å². The van der Waals surface area contributed by atoms with Gasteiger partial charge in [-0.25, -0.2) is 16.8 Å². The van der Waals surface area contributed by atoms with E-state index in [1.165, 1.54) is 54.6 Å². The normalized spacial score (nSPS) is 12.2. The van der Waals surface area contributed by atoms with Crippen molar-refractivity contribution in [1.82, 2.24) is 9.44 Å². The van der Waals surface area contributed by atoms with Crippen LogP contribution >= 0.6 is 11.3 Å². The number of carbonyl (C=O) groups is 1. The van der Waals surface area contributed by atoms with Crippen LogP contribution in [0.15, 0.2) is 88.0 Å². The Morgan fingerprint density at radius 2 is 1.18 bits per heavy atom. The standard InChI is InChI=1S/C18H16N2O5S3/c21-17(16-12-7-13-26-16)18(19-27(22,23)14-8-3-1-4-9-14)20-28(24,25)15-10-5-2-6-11-15/h1-13,18-20H. The zero-order chi connectivity index (χ0) is 20.2. The summed E-state index contributed by atoms with van der Waals surface area (Å²) in [7, 11) is -8.29. The fourth-order valence-electron chi connectivity index (χ4n) is 2.34. The van der Waals surface area contributed by atoms with Gasteiger partial charge in [-0.2, -0.15) is 9.44 Å². The molecule has 28 heavy (non-hydrogen) atoms. The number of benzene rings is 2. The van der Waals surface area contributed by atoms with Gasteiger partial charge in [0, 0.05) is 0 Å². The van der Waals surface area contributed by atoms with Crippen molar-refractivity contribution in [2.75, 3.05) is 0 Å². The van der Waals surface area contributed by atoms with Gasteiger partial charge in [-0.15, -0.1) is 11.3 Å². The van der Waals surface area contributed by atoms with Crippen molar-refractivity contribution in [2.24, 2.45) is 0 Å². The first-order chi connectivity index (χ1) is 13.3. The predicted octanol–water partition coefficient (Wildman–Crippen LogP) is 2.21. The molecular weight excluding hydrogens is 420 g/mol. The van der Waals surface area contributed by atoms with Gasteiger partial charge in [0.1, 0.15) is 6.17 Å². The molecule has 0 aliphatic rings. The lowest BCUT2D eigenvalue weighted by molar-refractivity contribution is 0.0951. The molecule has 1 heterocycles. The molecule has 0 saturated heterocycles. The summed E-state index contributed by atoms with van der Waals surface area (Å²) in [6, 6.07) is 17.9. The molecule has 0 radical (unpaired) electrons. The molecule has 0 bridgehead atoms. The molecule has 1 aromatic heterocycles. The number of nitrogens with one attached hydrogen (secondary N) is 2. The van der Waals surface area contributed by atoms with E-state index < -0.39 is 32.0 Å². The van der Waals surface area contributed by atoms with Gasteiger partial charge in [0.05, 0.1) is 14.7 Å². The minimum Gasteiger partial charge on any atom is -0.290 e. The minimum atomic E-state index is -4.14. The maximum absolute atomic E-state index is 12.8. The summed E-state index contributed by atoms with van der Waals surface area (Å²) in [4.78, 5) is 12.8. The first-order valence-corrected chi connectivity index (χ1v) is 11.9. The Morgan fingerprint density at radius 3 is 1.57 bits per heavy atom. The number of sulfonamides is 2. The molecule has 0 saturated carbocycles. The highest BCUT2D eigenvalue weighted by Gasteiger charge is 2.31. The lowest BCUT2D eigenvalue weighted by Crippen LogP contribution is -2.52. The van der Waals surface area contributed by atoms with Crippen LogP contribution in [0.5, 0.6) is 0 Å². The number of ketones is 1. The van der Waals surface area contributed by atoms with Gasteiger partial charge >= 0.3 is 0 Å². The van der Waals surface area contributed by atoms with Crippen molar-refractivity contribution in [1.29, 1.82) is 0 Å². The van der Waals surface area contributed by atoms with Gasteiger partial charge in [-0.05, 0) is 35.7 Å². The second-order valence-electron chi connectivity index (χ2n) is 5.64. The number of thiophene rings is 1. The number of hydrogen-bond acceptors (Lipinski definition) is 6. The molecule has 0 atom stereocenters. The third kappa shape index (κ3) is 4.72. The summed E-state index contributed by atoms with van der Waals surface area (Å²) in [6.07, 6.45) is -1.70. The first-order valence-electron chi connectivity index (χ1n) is 8.02. The van der Waals surface area contributed by atoms with Gasteiger partial charge in [-0.3, -0.25) is 4.79 Å². The highest BCUT2D eigenvalue weighted by Crippen LogP contribution is 2.15. The number of Topliss-reactive ketones (excluding diaryl/α,β-unsaturated/α-hetero) is 1. The van der Waals surface area contributed by atoms with Crippen LogP contribution in [-0.4, -0.2) is 28.8 Å². The van der Waals surface area contributed by atoms with E-state index in [9.17, 15) is 21.6 Å². The van der Waals surface area contributed by atoms with Crippen LogP contribution in [0.25, 0.3) is 0 Å². The smallest absolute Gasteiger partial charge is 0.242 e. The Bertz CT molecular complexity index is 1070. The Morgan fingerprint density at radius 1 is 0.714 bits per heavy atom. The molecule has 0 amide bonds. The molecule has 0 unspecified atom stereocenters. The van der Waals surface area contributed by atoms with Crippen molar-refractivity contribution in [3.05, 3.63) is 83.1 Å². The van der Waals surface area contributed by atoms with Gasteiger partial charge in [0.25, 0.3) is 0 Å². The SMILES string of the molecule is O=C(c1cccs1)C(NS(=O)(=O)c1ccccc1)NS(=O)(=O)c1ccccc1. The highest BCUT2D eigenvalue weighted by molar-refractivity contribution is 7.90. The summed E-state index contributed by atoms with van der Waals surface area (Å²) in [6.45, 7) is 0. The molecule has 0 aliphatic carbocycles. The van der Waals surface area contributed by atoms with E-state index in [1.807, 2.05) is 0 Å². The molecule has 146 valence electrons. The van der Waals surface area contributed by atoms with Crippen LogP contribution in [0.4, 0.5) is 0 Å². The minimum absolute atomic E-state index is 0.0853. The number of carbonyl (C=O) groups excluding carboxylic acids is 1. The Labute approximate surface area is 167 Å². The van der Waals surface area contributed by atoms with E-state index in [0.717, 1.165) is 11.3 Å². The molecule has 0 spiro atoms. The van der Waals surface area contributed by atoms with E-state index in [0.29, 0.717) is 0 Å². The van der Waals surface area contributed by atoms with Crippen LogP contribution in [0.1, 0.15) is 9.67 Å². The summed E-state index contributed by atoms with van der Waals surface area (Å²) in [5.74, 6) is -0.700. The van der Waals surface area contributed by atoms with Crippen molar-refractivity contribution in [3.8, 4) is 0 Å². The van der Waals surface area contributed by atoms with Crippen molar-refractivity contribution in [3.63, 3.8) is 0 Å². The van der Waals surface area contributed by atoms with Crippen molar-refractivity contribution >= 4 is 37.2 Å². The monoisotopic (exact) mass is 436 g/mol. The van der Waals surface area contributed by atoms with Crippen LogP contribution in [0, 0.1) is 0 Å². The summed E-state index contributed by atoms with van der Waals surface area (Å²) < 4.78 is 54.9. The molecule has 0 fully saturated rings. The maximum atomic E-state index is 12.8. The predicted molar refractivity (Wildman–Crippen MR) is 106 cm³/mol. The topological polar surface area (TPSA) is 109 Å². The molecule has 3 rings (SSSR count). The summed E-state index contributed by atoms with van der Waals surface area (Å²) in [5.41, 5.74) is 0. The van der Waals surface area contributed by atoms with Crippen LogP contribution in [0.2, 0.25) is 0 Å². The Balaban J connectivity index is 1.95. The average Bonchev–Trinajstić information content (AvgIpc) is 3.23. The van der Waals surface area contributed by atoms with Gasteiger partial charge in [0.15, 0.2) is 0 Å². The van der Waals surface area contributed by atoms with E-state index in [4.69, 9.17) is 0 Å². The zero-order valence-corrected chi connectivity index (χ0v) is 16.8. The number of rotatable bonds is 8. The largest absolute Gasteiger partial charge is 0.290 e. The van der Waals surface area contributed by atoms with E-state index in [2.05, 4.69) is 9.44 Å². The summed E-state index contributed by atoms with van der Waals surface area (Å²) >= 11 is 1.08. The second kappa shape index (κ2) is 8.33. The summed E-state index contributed by atoms with van der Waals surface area (Å²) in [5, 5.41) is 1.64. The average molecular weight is 437 g/mol.